The van der Waals surface area contributed by atoms with E-state index in [1.165, 1.54) is 12.3 Å². The summed E-state index contributed by atoms with van der Waals surface area (Å²) in [5, 5.41) is 21.7. The van der Waals surface area contributed by atoms with Gasteiger partial charge in [-0.05, 0) is 46.5 Å². The number of rotatable bonds is 7. The van der Waals surface area contributed by atoms with Crippen LogP contribution in [0.25, 0.3) is 10.9 Å². The molecule has 1 N–H and O–H groups in total. The van der Waals surface area contributed by atoms with Crippen LogP contribution in [-0.4, -0.2) is 57.6 Å². The number of nitrogens with zero attached hydrogens (tertiary/aromatic N) is 4. The van der Waals surface area contributed by atoms with Crippen molar-refractivity contribution in [3.63, 3.8) is 0 Å². The third-order valence-electron chi connectivity index (χ3n) is 7.03. The Morgan fingerprint density at radius 1 is 1.24 bits per heavy atom. The lowest BCUT2D eigenvalue weighted by Gasteiger charge is -2.36. The average Bonchev–Trinajstić information content (AvgIpc) is 3.65. The summed E-state index contributed by atoms with van der Waals surface area (Å²) in [6, 6.07) is 1.29. The summed E-state index contributed by atoms with van der Waals surface area (Å²) in [4.78, 5) is 53.0. The third kappa shape index (κ3) is 4.01. The first-order valence-electron chi connectivity index (χ1n) is 11.8. The Morgan fingerprint density at radius 3 is 2.47 bits per heavy atom. The molecule has 10 heteroatoms. The molecule has 1 amide bonds. The van der Waals surface area contributed by atoms with Crippen molar-refractivity contribution in [2.24, 2.45) is 5.92 Å². The molecule has 1 unspecified atom stereocenters. The second-order valence-corrected chi connectivity index (χ2v) is 9.13. The Labute approximate surface area is 196 Å². The molecule has 0 spiro atoms. The molecule has 2 aromatic rings. The molecule has 1 aliphatic carbocycles. The number of carbonyl (C=O) groups excluding carboxylic acids is 1. The lowest BCUT2D eigenvalue weighted by atomic mass is 9.94. The third-order valence-corrected chi connectivity index (χ3v) is 7.03. The maximum atomic E-state index is 13.0. The van der Waals surface area contributed by atoms with Crippen LogP contribution in [0.2, 0.25) is 0 Å². The van der Waals surface area contributed by atoms with Gasteiger partial charge in [0.1, 0.15) is 11.3 Å². The van der Waals surface area contributed by atoms with Crippen molar-refractivity contribution < 1.29 is 19.6 Å². The highest BCUT2D eigenvalue weighted by Crippen LogP contribution is 2.43. The van der Waals surface area contributed by atoms with Crippen LogP contribution in [0.5, 0.6) is 0 Å². The summed E-state index contributed by atoms with van der Waals surface area (Å²) < 4.78 is 1.80. The Kier molecular flexibility index (Phi) is 6.33. The lowest BCUT2D eigenvalue weighted by molar-refractivity contribution is -0.384. The zero-order chi connectivity index (χ0) is 24.7. The number of carboxylic acid groups (broad SMARTS) is 1. The van der Waals surface area contributed by atoms with Gasteiger partial charge in [0.2, 0.25) is 11.3 Å². The highest BCUT2D eigenvalue weighted by molar-refractivity contribution is 5.97. The highest BCUT2D eigenvalue weighted by Gasteiger charge is 2.35. The number of anilines is 1. The molecule has 0 radical (unpaired) electrons. The van der Waals surface area contributed by atoms with E-state index in [-0.39, 0.29) is 34.5 Å². The van der Waals surface area contributed by atoms with Gasteiger partial charge in [-0.3, -0.25) is 19.7 Å². The molecule has 10 nitrogen and oxygen atoms in total. The number of aromatic nitrogens is 1. The first-order valence-corrected chi connectivity index (χ1v) is 11.8. The van der Waals surface area contributed by atoms with Gasteiger partial charge in [-0.1, -0.05) is 0 Å². The van der Waals surface area contributed by atoms with Crippen LogP contribution < -0.4 is 10.3 Å². The number of nitro groups is 1. The number of hydrogen-bond donors (Lipinski definition) is 1. The SMILES string of the molecule is CCN(CC)C(=O)C1CCCN(c2c([N+](=O)[O-])cc3c(=O)c(C(=O)O)cn(C4CC4)c3c2C)C1. The van der Waals surface area contributed by atoms with Crippen LogP contribution in [0, 0.1) is 23.0 Å². The van der Waals surface area contributed by atoms with Gasteiger partial charge in [0, 0.05) is 50.0 Å². The highest BCUT2D eigenvalue weighted by atomic mass is 16.6. The number of aryl methyl sites for hydroxylation is 1. The minimum Gasteiger partial charge on any atom is -0.477 e. The predicted molar refractivity (Wildman–Crippen MR) is 128 cm³/mol. The Morgan fingerprint density at radius 2 is 1.91 bits per heavy atom. The van der Waals surface area contributed by atoms with Crippen molar-refractivity contribution in [2.45, 2.75) is 52.5 Å². The Balaban J connectivity index is 1.89. The lowest BCUT2D eigenvalue weighted by Crippen LogP contribution is -2.45. The average molecular weight is 471 g/mol. The largest absolute Gasteiger partial charge is 0.477 e. The molecule has 1 aromatic heterocycles. The van der Waals surface area contributed by atoms with Crippen LogP contribution in [0.1, 0.15) is 61.5 Å². The van der Waals surface area contributed by atoms with Crippen molar-refractivity contribution in [3.05, 3.63) is 43.7 Å². The zero-order valence-electron chi connectivity index (χ0n) is 19.7. The van der Waals surface area contributed by atoms with E-state index in [0.29, 0.717) is 42.9 Å². The molecule has 182 valence electrons. The molecule has 2 fully saturated rings. The van der Waals surface area contributed by atoms with Crippen molar-refractivity contribution >= 4 is 34.2 Å². The molecular weight excluding hydrogens is 440 g/mol. The fourth-order valence-corrected chi connectivity index (χ4v) is 5.20. The van der Waals surface area contributed by atoms with Gasteiger partial charge >= 0.3 is 5.97 Å². The van der Waals surface area contributed by atoms with E-state index in [2.05, 4.69) is 0 Å². The second-order valence-electron chi connectivity index (χ2n) is 9.13. The maximum Gasteiger partial charge on any atom is 0.341 e. The quantitative estimate of drug-likeness (QED) is 0.486. The number of nitro benzene ring substituents is 1. The topological polar surface area (TPSA) is 126 Å². The zero-order valence-corrected chi connectivity index (χ0v) is 19.7. The van der Waals surface area contributed by atoms with Crippen molar-refractivity contribution in [1.82, 2.24) is 9.47 Å². The van der Waals surface area contributed by atoms with Gasteiger partial charge in [-0.15, -0.1) is 0 Å². The molecule has 1 aliphatic heterocycles. The van der Waals surface area contributed by atoms with Crippen molar-refractivity contribution in [1.29, 1.82) is 0 Å². The minimum absolute atomic E-state index is 0.0486. The summed E-state index contributed by atoms with van der Waals surface area (Å²) >= 11 is 0. The smallest absolute Gasteiger partial charge is 0.341 e. The summed E-state index contributed by atoms with van der Waals surface area (Å²) in [5.41, 5.74) is 0.180. The van der Waals surface area contributed by atoms with Crippen LogP contribution in [0.4, 0.5) is 11.4 Å². The van der Waals surface area contributed by atoms with Crippen LogP contribution in [0.3, 0.4) is 0 Å². The monoisotopic (exact) mass is 470 g/mol. The maximum absolute atomic E-state index is 13.0. The van der Waals surface area contributed by atoms with E-state index in [1.54, 1.807) is 16.4 Å². The number of fused-ring (bicyclic) bond motifs is 1. The van der Waals surface area contributed by atoms with Gasteiger partial charge in [-0.25, -0.2) is 4.79 Å². The number of aromatic carboxylic acids is 1. The molecule has 1 aromatic carbocycles. The number of hydrogen-bond acceptors (Lipinski definition) is 6. The van der Waals surface area contributed by atoms with Gasteiger partial charge < -0.3 is 19.5 Å². The van der Waals surface area contributed by atoms with Crippen LogP contribution >= 0.6 is 0 Å². The molecule has 4 rings (SSSR count). The fraction of sp³-hybridized carbons (Fsp3) is 0.542. The van der Waals surface area contributed by atoms with Gasteiger partial charge in [0.15, 0.2) is 0 Å². The first-order chi connectivity index (χ1) is 16.2. The van der Waals surface area contributed by atoms with Crippen LogP contribution in [-0.2, 0) is 4.79 Å². The standard InChI is InChI=1S/C24H30N4O6/c1-4-25(5-2)23(30)15-7-6-10-26(12-15)21-14(3)20-17(11-19(21)28(33)34)22(29)18(24(31)32)13-27(20)16-8-9-16/h11,13,15-16H,4-10,12H2,1-3H3,(H,31,32). The molecule has 2 heterocycles. The number of carbonyl (C=O) groups is 2. The van der Waals surface area contributed by atoms with Gasteiger partial charge in [0.25, 0.3) is 5.69 Å². The number of carboxylic acids is 1. The van der Waals surface area contributed by atoms with E-state index in [0.717, 1.165) is 25.7 Å². The van der Waals surface area contributed by atoms with E-state index >= 15 is 0 Å². The van der Waals surface area contributed by atoms with Crippen LogP contribution in [0.15, 0.2) is 17.1 Å². The number of benzene rings is 1. The number of pyridine rings is 1. The summed E-state index contributed by atoms with van der Waals surface area (Å²) in [6.07, 6.45) is 4.52. The molecule has 34 heavy (non-hydrogen) atoms. The number of piperidine rings is 1. The molecule has 1 atom stereocenters. The molecule has 1 saturated heterocycles. The van der Waals surface area contributed by atoms with E-state index in [9.17, 15) is 29.6 Å². The van der Waals surface area contributed by atoms with E-state index in [1.807, 2.05) is 18.7 Å². The second kappa shape index (κ2) is 9.08. The predicted octanol–water partition coefficient (Wildman–Crippen LogP) is 3.34. The first kappa shape index (κ1) is 23.7. The molecule has 2 aliphatic rings. The normalized spacial score (nSPS) is 18.2. The molecule has 0 bridgehead atoms. The van der Waals surface area contributed by atoms with Crippen molar-refractivity contribution in [3.8, 4) is 0 Å². The number of amides is 1. The van der Waals surface area contributed by atoms with E-state index in [4.69, 9.17) is 0 Å². The Hall–Kier alpha value is -3.43. The molecule has 1 saturated carbocycles. The fourth-order valence-electron chi connectivity index (χ4n) is 5.20. The van der Waals surface area contributed by atoms with E-state index < -0.39 is 16.3 Å². The van der Waals surface area contributed by atoms with Gasteiger partial charge in [-0.2, -0.15) is 0 Å². The minimum atomic E-state index is -1.35. The summed E-state index contributed by atoms with van der Waals surface area (Å²) in [7, 11) is 0. The van der Waals surface area contributed by atoms with Gasteiger partial charge in [0.05, 0.1) is 21.7 Å². The van der Waals surface area contributed by atoms with Crippen molar-refractivity contribution in [2.75, 3.05) is 31.1 Å². The summed E-state index contributed by atoms with van der Waals surface area (Å²) in [5.74, 6) is -1.56. The Bertz CT molecular complexity index is 1230. The molecular formula is C24H30N4O6. The summed E-state index contributed by atoms with van der Waals surface area (Å²) in [6.45, 7) is 7.77.